The molecule has 2 aliphatic rings. The Kier molecular flexibility index (Phi) is 6.14. The zero-order valence-electron chi connectivity index (χ0n) is 17.3. The molecule has 0 atom stereocenters. The number of oxime groups is 1. The Morgan fingerprint density at radius 2 is 1.78 bits per heavy atom. The van der Waals surface area contributed by atoms with Gasteiger partial charge < -0.3 is 19.7 Å². The first-order valence-electron chi connectivity index (χ1n) is 10.2. The van der Waals surface area contributed by atoms with Gasteiger partial charge in [0.15, 0.2) is 0 Å². The first kappa shape index (κ1) is 22.2. The number of ether oxygens (including phenoxy) is 1. The Morgan fingerprint density at radius 3 is 2.44 bits per heavy atom. The second kappa shape index (κ2) is 8.85. The Bertz CT molecular complexity index is 1010. The minimum atomic E-state index is -4.42. The molecule has 0 aromatic heterocycles. The quantitative estimate of drug-likeness (QED) is 0.585. The van der Waals surface area contributed by atoms with Gasteiger partial charge in [0.05, 0.1) is 18.4 Å². The second-order valence-electron chi connectivity index (χ2n) is 7.59. The predicted octanol–water partition coefficient (Wildman–Crippen LogP) is 5.70. The number of benzene rings is 2. The lowest BCUT2D eigenvalue weighted by molar-refractivity contribution is -0.217. The summed E-state index contributed by atoms with van der Waals surface area (Å²) in [5.41, 5.74) is -0.552. The fraction of sp³-hybridized carbons (Fsp3) is 0.364. The standard InChI is InChI=1S/C22H22F3N3O3S/c1-29-18-8-4-3-7-17(18)26-20(32)30-28-19(27-31-21(28)13-5-2-6-14-21)15-9-11-16(12-10-15)22(23,24)25/h3-4,7-12H,2,5-6,13-14H2,1H3,(H,26,32). The lowest BCUT2D eigenvalue weighted by Gasteiger charge is -2.38. The van der Waals surface area contributed by atoms with Crippen molar-refractivity contribution >= 4 is 28.9 Å². The van der Waals surface area contributed by atoms with Crippen molar-refractivity contribution in [3.05, 3.63) is 59.7 Å². The van der Waals surface area contributed by atoms with Gasteiger partial charge in [-0.15, -0.1) is 5.06 Å². The molecule has 1 heterocycles. The van der Waals surface area contributed by atoms with Gasteiger partial charge in [0.2, 0.25) is 11.6 Å². The number of halogens is 3. The van der Waals surface area contributed by atoms with Crippen molar-refractivity contribution in [1.29, 1.82) is 0 Å². The van der Waals surface area contributed by atoms with E-state index in [2.05, 4.69) is 10.5 Å². The van der Waals surface area contributed by atoms with Gasteiger partial charge in [-0.3, -0.25) is 0 Å². The van der Waals surface area contributed by atoms with Crippen LogP contribution in [0.1, 0.15) is 43.2 Å². The van der Waals surface area contributed by atoms with Crippen LogP contribution >= 0.6 is 12.2 Å². The number of para-hydroxylation sites is 2. The monoisotopic (exact) mass is 465 g/mol. The number of amidine groups is 1. The molecule has 2 aromatic rings. The first-order valence-corrected chi connectivity index (χ1v) is 10.6. The highest BCUT2D eigenvalue weighted by Gasteiger charge is 2.50. The molecule has 10 heteroatoms. The topological polar surface area (TPSA) is 55.3 Å². The van der Waals surface area contributed by atoms with Crippen LogP contribution < -0.4 is 10.1 Å². The van der Waals surface area contributed by atoms with E-state index in [4.69, 9.17) is 26.6 Å². The first-order chi connectivity index (χ1) is 15.3. The fourth-order valence-electron chi connectivity index (χ4n) is 3.86. The third-order valence-corrected chi connectivity index (χ3v) is 5.66. The van der Waals surface area contributed by atoms with Crippen LogP contribution in [0.25, 0.3) is 0 Å². The maximum absolute atomic E-state index is 13.0. The van der Waals surface area contributed by atoms with Gasteiger partial charge in [0.25, 0.3) is 5.17 Å². The lowest BCUT2D eigenvalue weighted by atomic mass is 9.91. The Labute approximate surface area is 188 Å². The Hall–Kier alpha value is -3.01. The van der Waals surface area contributed by atoms with Gasteiger partial charge in [0.1, 0.15) is 5.75 Å². The van der Waals surface area contributed by atoms with E-state index in [1.807, 2.05) is 12.1 Å². The van der Waals surface area contributed by atoms with Crippen molar-refractivity contribution in [2.24, 2.45) is 5.16 Å². The third-order valence-electron chi connectivity index (χ3n) is 5.49. The van der Waals surface area contributed by atoms with Gasteiger partial charge in [-0.05, 0) is 49.3 Å². The number of hydroxylamine groups is 2. The van der Waals surface area contributed by atoms with Crippen LogP contribution in [0, 0.1) is 0 Å². The average molecular weight is 465 g/mol. The molecule has 0 saturated heterocycles. The minimum Gasteiger partial charge on any atom is -0.495 e. The van der Waals surface area contributed by atoms with Crippen molar-refractivity contribution in [1.82, 2.24) is 5.06 Å². The van der Waals surface area contributed by atoms with Crippen LogP contribution in [0.3, 0.4) is 0 Å². The molecule has 0 bridgehead atoms. The van der Waals surface area contributed by atoms with Gasteiger partial charge in [0, 0.05) is 18.4 Å². The van der Waals surface area contributed by atoms with Gasteiger partial charge in [-0.25, -0.2) is 0 Å². The molecule has 1 N–H and O–H groups in total. The molecule has 1 saturated carbocycles. The molecule has 1 aliphatic heterocycles. The van der Waals surface area contributed by atoms with E-state index >= 15 is 0 Å². The van der Waals surface area contributed by atoms with E-state index in [-0.39, 0.29) is 11.0 Å². The smallest absolute Gasteiger partial charge is 0.416 e. The van der Waals surface area contributed by atoms with Crippen molar-refractivity contribution in [2.75, 3.05) is 12.4 Å². The fourth-order valence-corrected chi connectivity index (χ4v) is 4.05. The maximum atomic E-state index is 13.0. The molecular weight excluding hydrogens is 443 g/mol. The summed E-state index contributed by atoms with van der Waals surface area (Å²) >= 11 is 5.42. The molecule has 6 nitrogen and oxygen atoms in total. The molecule has 1 aliphatic carbocycles. The highest BCUT2D eigenvalue weighted by atomic mass is 32.1. The van der Waals surface area contributed by atoms with Crippen LogP contribution in [0.5, 0.6) is 5.75 Å². The zero-order chi connectivity index (χ0) is 22.8. The number of anilines is 1. The molecule has 0 unspecified atom stereocenters. The van der Waals surface area contributed by atoms with E-state index < -0.39 is 17.5 Å². The van der Waals surface area contributed by atoms with Crippen LogP contribution in [-0.2, 0) is 15.9 Å². The van der Waals surface area contributed by atoms with Crippen LogP contribution in [-0.4, -0.2) is 28.9 Å². The number of thiocarbonyl (C=S) groups is 1. The molecule has 2 aromatic carbocycles. The largest absolute Gasteiger partial charge is 0.495 e. The highest BCUT2D eigenvalue weighted by molar-refractivity contribution is 7.80. The number of nitrogens with one attached hydrogen (secondary N) is 1. The summed E-state index contributed by atoms with van der Waals surface area (Å²) in [5.74, 6) is 0.852. The summed E-state index contributed by atoms with van der Waals surface area (Å²) in [6.45, 7) is 0. The summed E-state index contributed by atoms with van der Waals surface area (Å²) in [5, 5.41) is 8.69. The molecule has 170 valence electrons. The van der Waals surface area contributed by atoms with Gasteiger partial charge in [-0.2, -0.15) is 13.2 Å². The highest BCUT2D eigenvalue weighted by Crippen LogP contribution is 2.40. The average Bonchev–Trinajstić information content (AvgIpc) is 3.11. The SMILES string of the molecule is COc1ccccc1NC(=S)ON1C(c2ccc(C(F)(F)F)cc2)=NOC12CCCCC2. The van der Waals surface area contributed by atoms with Gasteiger partial charge in [-0.1, -0.05) is 35.8 Å². The van der Waals surface area contributed by atoms with Crippen LogP contribution in [0.4, 0.5) is 18.9 Å². The second-order valence-corrected chi connectivity index (χ2v) is 7.96. The molecule has 0 amide bonds. The van der Waals surface area contributed by atoms with Gasteiger partial charge >= 0.3 is 6.18 Å². The van der Waals surface area contributed by atoms with Crippen molar-refractivity contribution in [2.45, 2.75) is 44.0 Å². The minimum absolute atomic E-state index is 0.0320. The number of hydrogen-bond acceptors (Lipinski definition) is 6. The number of rotatable bonds is 4. The normalized spacial score (nSPS) is 17.5. The molecule has 1 fully saturated rings. The Morgan fingerprint density at radius 1 is 1.09 bits per heavy atom. The maximum Gasteiger partial charge on any atom is 0.416 e. The third kappa shape index (κ3) is 4.45. The summed E-state index contributed by atoms with van der Waals surface area (Å²) in [6, 6.07) is 11.9. The van der Waals surface area contributed by atoms with E-state index in [9.17, 15) is 13.2 Å². The predicted molar refractivity (Wildman–Crippen MR) is 117 cm³/mol. The van der Waals surface area contributed by atoms with Crippen molar-refractivity contribution in [3.8, 4) is 5.75 Å². The number of hydrogen-bond donors (Lipinski definition) is 1. The van der Waals surface area contributed by atoms with Crippen molar-refractivity contribution in [3.63, 3.8) is 0 Å². The zero-order valence-corrected chi connectivity index (χ0v) is 18.1. The summed E-state index contributed by atoms with van der Waals surface area (Å²) in [7, 11) is 1.55. The molecule has 4 rings (SSSR count). The molecule has 1 spiro atoms. The van der Waals surface area contributed by atoms with Crippen molar-refractivity contribution < 1.29 is 27.6 Å². The number of nitrogens with zero attached hydrogens (tertiary/aromatic N) is 2. The molecule has 0 radical (unpaired) electrons. The van der Waals surface area contributed by atoms with E-state index in [0.29, 0.717) is 29.8 Å². The van der Waals surface area contributed by atoms with E-state index in [1.165, 1.54) is 17.2 Å². The van der Waals surface area contributed by atoms with Crippen LogP contribution in [0.15, 0.2) is 53.7 Å². The van der Waals surface area contributed by atoms with E-state index in [0.717, 1.165) is 31.4 Å². The summed E-state index contributed by atoms with van der Waals surface area (Å²) < 4.78 is 44.2. The molecule has 32 heavy (non-hydrogen) atoms. The summed E-state index contributed by atoms with van der Waals surface area (Å²) in [6.07, 6.45) is -0.257. The summed E-state index contributed by atoms with van der Waals surface area (Å²) in [4.78, 5) is 11.8. The number of methoxy groups -OCH3 is 1. The number of alkyl halides is 3. The van der Waals surface area contributed by atoms with E-state index in [1.54, 1.807) is 19.2 Å². The Balaban J connectivity index is 1.59. The van der Waals surface area contributed by atoms with Crippen LogP contribution in [0.2, 0.25) is 0 Å². The lowest BCUT2D eigenvalue weighted by Crippen LogP contribution is -2.51. The molecular formula is C22H22F3N3O3S.